The van der Waals surface area contributed by atoms with Gasteiger partial charge in [-0.25, -0.2) is 13.5 Å². The van der Waals surface area contributed by atoms with Gasteiger partial charge in [-0.05, 0) is 42.0 Å². The van der Waals surface area contributed by atoms with Gasteiger partial charge in [0.1, 0.15) is 23.4 Å². The molecule has 1 aromatic heterocycles. The number of rotatable bonds is 3. The van der Waals surface area contributed by atoms with Gasteiger partial charge >= 0.3 is 0 Å². The van der Waals surface area contributed by atoms with E-state index in [-0.39, 0.29) is 17.3 Å². The van der Waals surface area contributed by atoms with Gasteiger partial charge < -0.3 is 0 Å². The lowest BCUT2D eigenvalue weighted by Crippen LogP contribution is -2.04. The molecule has 0 atom stereocenters. The van der Waals surface area contributed by atoms with Crippen molar-refractivity contribution in [2.45, 2.75) is 6.54 Å². The molecule has 0 aliphatic heterocycles. The molecular formula is C16H10F2N4. The molecular weight excluding hydrogens is 286 g/mol. The highest BCUT2D eigenvalue weighted by Gasteiger charge is 2.15. The second-order valence-electron chi connectivity index (χ2n) is 4.69. The van der Waals surface area contributed by atoms with Crippen LogP contribution in [0.2, 0.25) is 0 Å². The van der Waals surface area contributed by atoms with Crippen molar-refractivity contribution in [1.82, 2.24) is 15.0 Å². The zero-order valence-corrected chi connectivity index (χ0v) is 11.4. The Balaban J connectivity index is 2.02. The molecule has 0 aliphatic rings. The zero-order chi connectivity index (χ0) is 15.5. The van der Waals surface area contributed by atoms with Crippen LogP contribution in [0.25, 0.3) is 11.3 Å². The first kappa shape index (κ1) is 13.9. The topological polar surface area (TPSA) is 54.5 Å². The SMILES string of the molecule is N#Cc1nnn(Cc2ccc(F)cc2)c1-c1ccc(F)cc1. The molecule has 3 rings (SSSR count). The fourth-order valence-corrected chi connectivity index (χ4v) is 2.16. The van der Waals surface area contributed by atoms with Crippen LogP contribution in [0.1, 0.15) is 11.3 Å². The first-order valence-electron chi connectivity index (χ1n) is 6.51. The monoisotopic (exact) mass is 296 g/mol. The van der Waals surface area contributed by atoms with Gasteiger partial charge in [-0.2, -0.15) is 5.26 Å². The average molecular weight is 296 g/mol. The summed E-state index contributed by atoms with van der Waals surface area (Å²) in [5, 5.41) is 17.0. The molecule has 4 nitrogen and oxygen atoms in total. The van der Waals surface area contributed by atoms with Crippen LogP contribution in [-0.4, -0.2) is 15.0 Å². The number of aromatic nitrogens is 3. The predicted molar refractivity (Wildman–Crippen MR) is 75.6 cm³/mol. The summed E-state index contributed by atoms with van der Waals surface area (Å²) in [6.07, 6.45) is 0. The highest BCUT2D eigenvalue weighted by molar-refractivity contribution is 5.64. The van der Waals surface area contributed by atoms with Crippen LogP contribution in [0.15, 0.2) is 48.5 Å². The molecule has 1 heterocycles. The molecule has 0 radical (unpaired) electrons. The highest BCUT2D eigenvalue weighted by Crippen LogP contribution is 2.23. The lowest BCUT2D eigenvalue weighted by atomic mass is 10.1. The summed E-state index contributed by atoms with van der Waals surface area (Å²) >= 11 is 0. The molecule has 0 fully saturated rings. The lowest BCUT2D eigenvalue weighted by Gasteiger charge is -2.07. The third-order valence-corrected chi connectivity index (χ3v) is 3.20. The molecule has 2 aromatic carbocycles. The zero-order valence-electron chi connectivity index (χ0n) is 11.4. The van der Waals surface area contributed by atoms with Crippen molar-refractivity contribution in [3.05, 3.63) is 71.4 Å². The molecule has 108 valence electrons. The Hall–Kier alpha value is -3.07. The molecule has 0 aliphatic carbocycles. The van der Waals surface area contributed by atoms with Crippen LogP contribution in [0, 0.1) is 23.0 Å². The van der Waals surface area contributed by atoms with E-state index in [0.717, 1.165) is 5.56 Å². The van der Waals surface area contributed by atoms with Crippen LogP contribution in [-0.2, 0) is 6.54 Å². The number of hydrogen-bond donors (Lipinski definition) is 0. The number of hydrogen-bond acceptors (Lipinski definition) is 3. The Labute approximate surface area is 125 Å². The third kappa shape index (κ3) is 2.69. The first-order chi connectivity index (χ1) is 10.7. The second kappa shape index (κ2) is 5.74. The molecule has 0 bridgehead atoms. The Kier molecular flexibility index (Phi) is 3.62. The molecule has 0 N–H and O–H groups in total. The third-order valence-electron chi connectivity index (χ3n) is 3.20. The summed E-state index contributed by atoms with van der Waals surface area (Å²) in [7, 11) is 0. The van der Waals surface area contributed by atoms with E-state index in [1.807, 2.05) is 6.07 Å². The van der Waals surface area contributed by atoms with E-state index in [2.05, 4.69) is 10.3 Å². The van der Waals surface area contributed by atoms with Gasteiger partial charge in [0.15, 0.2) is 5.69 Å². The van der Waals surface area contributed by atoms with E-state index in [1.54, 1.807) is 28.9 Å². The summed E-state index contributed by atoms with van der Waals surface area (Å²) < 4.78 is 27.6. The molecule has 0 amide bonds. The van der Waals surface area contributed by atoms with Crippen molar-refractivity contribution in [2.24, 2.45) is 0 Å². The van der Waals surface area contributed by atoms with E-state index >= 15 is 0 Å². The van der Waals surface area contributed by atoms with Gasteiger partial charge in [0, 0.05) is 5.56 Å². The van der Waals surface area contributed by atoms with Crippen molar-refractivity contribution in [2.75, 3.05) is 0 Å². The predicted octanol–water partition coefficient (Wildman–Crippen LogP) is 3.14. The van der Waals surface area contributed by atoms with Gasteiger partial charge in [-0.1, -0.05) is 17.3 Å². The number of halogens is 2. The van der Waals surface area contributed by atoms with E-state index in [1.165, 1.54) is 24.3 Å². The van der Waals surface area contributed by atoms with E-state index in [9.17, 15) is 8.78 Å². The molecule has 0 spiro atoms. The highest BCUT2D eigenvalue weighted by atomic mass is 19.1. The fourth-order valence-electron chi connectivity index (χ4n) is 2.16. The van der Waals surface area contributed by atoms with Crippen LogP contribution in [0.4, 0.5) is 8.78 Å². The summed E-state index contributed by atoms with van der Waals surface area (Å²) in [4.78, 5) is 0. The minimum absolute atomic E-state index is 0.161. The summed E-state index contributed by atoms with van der Waals surface area (Å²) in [6, 6.07) is 13.7. The summed E-state index contributed by atoms with van der Waals surface area (Å²) in [5.41, 5.74) is 2.13. The van der Waals surface area contributed by atoms with Crippen molar-refractivity contribution in [3.8, 4) is 17.3 Å². The van der Waals surface area contributed by atoms with Gasteiger partial charge in [-0.15, -0.1) is 5.10 Å². The number of nitriles is 1. The molecule has 22 heavy (non-hydrogen) atoms. The van der Waals surface area contributed by atoms with E-state index in [0.29, 0.717) is 17.8 Å². The van der Waals surface area contributed by atoms with Crippen molar-refractivity contribution >= 4 is 0 Å². The summed E-state index contributed by atoms with van der Waals surface area (Å²) in [6.45, 7) is 0.335. The fraction of sp³-hybridized carbons (Fsp3) is 0.0625. The normalized spacial score (nSPS) is 10.4. The molecule has 6 heteroatoms. The van der Waals surface area contributed by atoms with E-state index < -0.39 is 0 Å². The second-order valence-corrected chi connectivity index (χ2v) is 4.69. The minimum Gasteiger partial charge on any atom is -0.239 e. The number of nitrogens with zero attached hydrogens (tertiary/aromatic N) is 4. The minimum atomic E-state index is -0.361. The molecule has 0 saturated carbocycles. The van der Waals surface area contributed by atoms with Crippen molar-refractivity contribution in [1.29, 1.82) is 5.26 Å². The Bertz CT molecular complexity index is 830. The standard InChI is InChI=1S/C16H10F2N4/c17-13-5-1-11(2-6-13)10-22-16(15(9-19)20-21-22)12-3-7-14(18)8-4-12/h1-8H,10H2. The quantitative estimate of drug-likeness (QED) is 0.746. The van der Waals surface area contributed by atoms with Crippen LogP contribution in [0.3, 0.4) is 0 Å². The average Bonchev–Trinajstić information content (AvgIpc) is 2.93. The van der Waals surface area contributed by atoms with Gasteiger partial charge in [0.2, 0.25) is 0 Å². The smallest absolute Gasteiger partial charge is 0.190 e. The van der Waals surface area contributed by atoms with Crippen LogP contribution in [0.5, 0.6) is 0 Å². The largest absolute Gasteiger partial charge is 0.239 e. The van der Waals surface area contributed by atoms with Gasteiger partial charge in [0.05, 0.1) is 6.54 Å². The Morgan fingerprint density at radius 1 is 0.955 bits per heavy atom. The maximum Gasteiger partial charge on any atom is 0.190 e. The van der Waals surface area contributed by atoms with Crippen molar-refractivity contribution in [3.63, 3.8) is 0 Å². The maximum atomic E-state index is 13.1. The lowest BCUT2D eigenvalue weighted by molar-refractivity contribution is 0.622. The Morgan fingerprint density at radius 2 is 1.55 bits per heavy atom. The van der Waals surface area contributed by atoms with Gasteiger partial charge in [0.25, 0.3) is 0 Å². The van der Waals surface area contributed by atoms with Crippen LogP contribution >= 0.6 is 0 Å². The maximum absolute atomic E-state index is 13.1. The van der Waals surface area contributed by atoms with Crippen molar-refractivity contribution < 1.29 is 8.78 Å². The number of benzene rings is 2. The molecule has 0 saturated heterocycles. The Morgan fingerprint density at radius 3 is 2.14 bits per heavy atom. The molecule has 3 aromatic rings. The van der Waals surface area contributed by atoms with E-state index in [4.69, 9.17) is 5.26 Å². The summed E-state index contributed by atoms with van der Waals surface area (Å²) in [5.74, 6) is -0.682. The molecule has 0 unspecified atom stereocenters. The van der Waals surface area contributed by atoms with Crippen LogP contribution < -0.4 is 0 Å². The first-order valence-corrected chi connectivity index (χ1v) is 6.51. The van der Waals surface area contributed by atoms with Gasteiger partial charge in [-0.3, -0.25) is 0 Å².